The largest absolute Gasteiger partial charge is 0.367 e. The second-order valence-electron chi connectivity index (χ2n) is 4.43. The number of carbonyl (C=O) groups is 1. The minimum absolute atomic E-state index is 0.293. The molecule has 1 atom stereocenters. The van der Waals surface area contributed by atoms with E-state index in [0.717, 1.165) is 11.3 Å². The summed E-state index contributed by atoms with van der Waals surface area (Å²) in [6.45, 7) is 4.85. The molecule has 0 spiro atoms. The third-order valence-electron chi connectivity index (χ3n) is 3.23. The number of amides is 1. The Morgan fingerprint density at radius 1 is 1.53 bits per heavy atom. The van der Waals surface area contributed by atoms with Crippen molar-refractivity contribution in [1.82, 2.24) is 10.2 Å². The zero-order valence-corrected chi connectivity index (χ0v) is 10.9. The molecule has 0 radical (unpaired) electrons. The molecule has 100 valence electrons. The maximum atomic E-state index is 11.2. The Morgan fingerprint density at radius 3 is 2.89 bits per heavy atom. The number of nitrogens with two attached hydrogens (primary N) is 1. The molecular formula is C12H15N5O2. The molecule has 1 aromatic rings. The number of primary amides is 1. The number of hydrogen-bond acceptors (Lipinski definition) is 6. The molecule has 1 amide bonds. The second kappa shape index (κ2) is 5.20. The van der Waals surface area contributed by atoms with Gasteiger partial charge in [0.05, 0.1) is 18.8 Å². The quantitative estimate of drug-likeness (QED) is 0.780. The molecular weight excluding hydrogens is 246 g/mol. The molecule has 7 nitrogen and oxygen atoms in total. The lowest BCUT2D eigenvalue weighted by atomic mass is 10.1. The van der Waals surface area contributed by atoms with Crippen LogP contribution in [0.15, 0.2) is 0 Å². The minimum Gasteiger partial charge on any atom is -0.367 e. The first-order chi connectivity index (χ1) is 9.04. The van der Waals surface area contributed by atoms with Crippen molar-refractivity contribution in [3.05, 3.63) is 16.8 Å². The van der Waals surface area contributed by atoms with Gasteiger partial charge < -0.3 is 15.4 Å². The molecule has 1 aliphatic heterocycles. The van der Waals surface area contributed by atoms with Gasteiger partial charge in [-0.1, -0.05) is 0 Å². The van der Waals surface area contributed by atoms with Crippen LogP contribution >= 0.6 is 0 Å². The van der Waals surface area contributed by atoms with E-state index in [2.05, 4.69) is 16.3 Å². The molecule has 0 aromatic carbocycles. The van der Waals surface area contributed by atoms with Crippen molar-refractivity contribution >= 4 is 11.7 Å². The fraction of sp³-hybridized carbons (Fsp3) is 0.500. The monoisotopic (exact) mass is 261 g/mol. The number of anilines is 1. The van der Waals surface area contributed by atoms with Gasteiger partial charge in [0, 0.05) is 6.54 Å². The van der Waals surface area contributed by atoms with Gasteiger partial charge in [0.25, 0.3) is 0 Å². The highest BCUT2D eigenvalue weighted by Gasteiger charge is 2.27. The number of morpholine rings is 1. The Hall–Kier alpha value is -2.20. The highest BCUT2D eigenvalue weighted by atomic mass is 16.5. The Balaban J connectivity index is 2.34. The zero-order valence-electron chi connectivity index (χ0n) is 10.9. The van der Waals surface area contributed by atoms with Crippen molar-refractivity contribution in [1.29, 1.82) is 5.26 Å². The molecule has 1 aromatic heterocycles. The van der Waals surface area contributed by atoms with Crippen LogP contribution in [-0.4, -0.2) is 41.9 Å². The second-order valence-corrected chi connectivity index (χ2v) is 4.43. The number of carbonyl (C=O) groups excluding carboxylic acids is 1. The topological polar surface area (TPSA) is 105 Å². The average molecular weight is 261 g/mol. The van der Waals surface area contributed by atoms with Gasteiger partial charge in [0.15, 0.2) is 11.9 Å². The SMILES string of the molecule is Cc1nnc(N2CCOC(C(N)=O)C2)c(C#N)c1C. The van der Waals surface area contributed by atoms with Crippen LogP contribution in [0.25, 0.3) is 0 Å². The van der Waals surface area contributed by atoms with Crippen molar-refractivity contribution < 1.29 is 9.53 Å². The maximum absolute atomic E-state index is 11.2. The predicted octanol–water partition coefficient (Wildman–Crippen LogP) is -0.344. The Labute approximate surface area is 111 Å². The first-order valence-electron chi connectivity index (χ1n) is 5.94. The van der Waals surface area contributed by atoms with Crippen molar-refractivity contribution in [2.24, 2.45) is 5.73 Å². The van der Waals surface area contributed by atoms with E-state index < -0.39 is 12.0 Å². The summed E-state index contributed by atoms with van der Waals surface area (Å²) >= 11 is 0. The van der Waals surface area contributed by atoms with E-state index in [9.17, 15) is 10.1 Å². The highest BCUT2D eigenvalue weighted by molar-refractivity contribution is 5.80. The van der Waals surface area contributed by atoms with Crippen LogP contribution in [0.1, 0.15) is 16.8 Å². The first-order valence-corrected chi connectivity index (χ1v) is 5.94. The van der Waals surface area contributed by atoms with Crippen LogP contribution in [0.3, 0.4) is 0 Å². The Kier molecular flexibility index (Phi) is 3.62. The van der Waals surface area contributed by atoms with Crippen molar-refractivity contribution in [2.45, 2.75) is 20.0 Å². The molecule has 7 heteroatoms. The number of rotatable bonds is 2. The van der Waals surface area contributed by atoms with Crippen LogP contribution < -0.4 is 10.6 Å². The summed E-state index contributed by atoms with van der Waals surface area (Å²) in [7, 11) is 0. The number of hydrogen-bond donors (Lipinski definition) is 1. The van der Waals surface area contributed by atoms with E-state index in [4.69, 9.17) is 10.5 Å². The Bertz CT molecular complexity index is 552. The molecule has 1 aliphatic rings. The molecule has 1 unspecified atom stereocenters. The van der Waals surface area contributed by atoms with Crippen LogP contribution in [0.5, 0.6) is 0 Å². The van der Waals surface area contributed by atoms with E-state index in [1.54, 1.807) is 6.92 Å². The lowest BCUT2D eigenvalue weighted by Crippen LogP contribution is -2.49. The summed E-state index contributed by atoms with van der Waals surface area (Å²) in [6.07, 6.45) is -0.677. The summed E-state index contributed by atoms with van der Waals surface area (Å²) in [6, 6.07) is 2.14. The van der Waals surface area contributed by atoms with Gasteiger partial charge in [-0.3, -0.25) is 4.79 Å². The summed E-state index contributed by atoms with van der Waals surface area (Å²) in [5.74, 6) is -0.0276. The molecule has 1 fully saturated rings. The lowest BCUT2D eigenvalue weighted by molar-refractivity contribution is -0.130. The third kappa shape index (κ3) is 2.48. The van der Waals surface area contributed by atoms with E-state index in [-0.39, 0.29) is 0 Å². The van der Waals surface area contributed by atoms with Crippen LogP contribution in [0.4, 0.5) is 5.82 Å². The summed E-state index contributed by atoms with van der Waals surface area (Å²) in [4.78, 5) is 13.0. The molecule has 0 aliphatic carbocycles. The molecule has 2 heterocycles. The van der Waals surface area contributed by atoms with Gasteiger partial charge in [0.2, 0.25) is 5.91 Å². The van der Waals surface area contributed by atoms with Crippen molar-refractivity contribution in [3.8, 4) is 6.07 Å². The molecule has 2 N–H and O–H groups in total. The molecule has 1 saturated heterocycles. The number of aryl methyl sites for hydroxylation is 1. The summed E-state index contributed by atoms with van der Waals surface area (Å²) in [5, 5.41) is 17.4. The van der Waals surface area contributed by atoms with Gasteiger partial charge in [-0.25, -0.2) is 0 Å². The fourth-order valence-corrected chi connectivity index (χ4v) is 1.96. The van der Waals surface area contributed by atoms with E-state index in [0.29, 0.717) is 31.1 Å². The molecule has 0 saturated carbocycles. The Morgan fingerprint density at radius 2 is 2.26 bits per heavy atom. The number of nitriles is 1. The molecule has 0 bridgehead atoms. The van der Waals surface area contributed by atoms with Crippen molar-refractivity contribution in [3.63, 3.8) is 0 Å². The van der Waals surface area contributed by atoms with Crippen molar-refractivity contribution in [2.75, 3.05) is 24.6 Å². The van der Waals surface area contributed by atoms with Gasteiger partial charge in [-0.05, 0) is 19.4 Å². The molecule has 19 heavy (non-hydrogen) atoms. The first kappa shape index (κ1) is 13.2. The van der Waals surface area contributed by atoms with Gasteiger partial charge in [0.1, 0.15) is 11.6 Å². The zero-order chi connectivity index (χ0) is 14.0. The average Bonchev–Trinajstić information content (AvgIpc) is 2.41. The van der Waals surface area contributed by atoms with Gasteiger partial charge in [-0.15, -0.1) is 5.10 Å². The van der Waals surface area contributed by atoms with E-state index >= 15 is 0 Å². The lowest BCUT2D eigenvalue weighted by Gasteiger charge is -2.32. The van der Waals surface area contributed by atoms with E-state index in [1.165, 1.54) is 0 Å². The van der Waals surface area contributed by atoms with Crippen LogP contribution in [-0.2, 0) is 9.53 Å². The summed E-state index contributed by atoms with van der Waals surface area (Å²) in [5.41, 5.74) is 7.25. The third-order valence-corrected chi connectivity index (χ3v) is 3.23. The van der Waals surface area contributed by atoms with Gasteiger partial charge in [-0.2, -0.15) is 10.4 Å². The van der Waals surface area contributed by atoms with Gasteiger partial charge >= 0.3 is 0 Å². The molecule has 2 rings (SSSR count). The smallest absolute Gasteiger partial charge is 0.248 e. The number of ether oxygens (including phenoxy) is 1. The standard InChI is InChI=1S/C12H15N5O2/c1-7-8(2)15-16-12(9(7)5-13)17-3-4-19-10(6-17)11(14)18/h10H,3-4,6H2,1-2H3,(H2,14,18). The predicted molar refractivity (Wildman–Crippen MR) is 67.4 cm³/mol. The minimum atomic E-state index is -0.677. The van der Waals surface area contributed by atoms with E-state index in [1.807, 2.05) is 11.8 Å². The van der Waals surface area contributed by atoms with Crippen LogP contribution in [0.2, 0.25) is 0 Å². The normalized spacial score (nSPS) is 19.0. The highest BCUT2D eigenvalue weighted by Crippen LogP contribution is 2.22. The summed E-state index contributed by atoms with van der Waals surface area (Å²) < 4.78 is 5.27. The number of nitrogens with zero attached hydrogens (tertiary/aromatic N) is 4. The van der Waals surface area contributed by atoms with Crippen LogP contribution in [0, 0.1) is 25.2 Å². The maximum Gasteiger partial charge on any atom is 0.248 e. The fourth-order valence-electron chi connectivity index (χ4n) is 1.96. The number of aromatic nitrogens is 2.